The van der Waals surface area contributed by atoms with Gasteiger partial charge in [-0.3, -0.25) is 14.6 Å². The molecule has 0 radical (unpaired) electrons. The van der Waals surface area contributed by atoms with Crippen molar-refractivity contribution in [2.75, 3.05) is 39.3 Å². The number of carbonyl (C=O) groups is 1. The highest BCUT2D eigenvalue weighted by Crippen LogP contribution is 2.14. The van der Waals surface area contributed by atoms with Crippen molar-refractivity contribution in [3.05, 3.63) is 65.7 Å². The average Bonchev–Trinajstić information content (AvgIpc) is 2.74. The summed E-state index contributed by atoms with van der Waals surface area (Å²) in [5.41, 5.74) is 2.04. The normalized spacial score (nSPS) is 15.5. The first kappa shape index (κ1) is 26.4. The molecular formula is C23H32Cl2N2O3. The number of benzene rings is 2. The van der Waals surface area contributed by atoms with E-state index in [0.717, 1.165) is 32.7 Å². The summed E-state index contributed by atoms with van der Waals surface area (Å²) in [6.45, 7) is 7.64. The van der Waals surface area contributed by atoms with Gasteiger partial charge in [0, 0.05) is 51.3 Å². The molecule has 1 heterocycles. The van der Waals surface area contributed by atoms with E-state index in [0.29, 0.717) is 24.3 Å². The number of hydrogen-bond acceptors (Lipinski definition) is 5. The summed E-state index contributed by atoms with van der Waals surface area (Å²) in [5.74, 6) is 0.803. The van der Waals surface area contributed by atoms with Crippen LogP contribution in [0.3, 0.4) is 0 Å². The van der Waals surface area contributed by atoms with E-state index >= 15 is 0 Å². The van der Waals surface area contributed by atoms with Crippen LogP contribution in [0.5, 0.6) is 5.75 Å². The molecule has 5 nitrogen and oxygen atoms in total. The van der Waals surface area contributed by atoms with Gasteiger partial charge >= 0.3 is 0 Å². The van der Waals surface area contributed by atoms with Crippen LogP contribution in [-0.4, -0.2) is 66.1 Å². The third-order valence-corrected chi connectivity index (χ3v) is 5.12. The van der Waals surface area contributed by atoms with Crippen molar-refractivity contribution in [1.29, 1.82) is 0 Å². The number of ketones is 1. The summed E-state index contributed by atoms with van der Waals surface area (Å²) in [6.07, 6.45) is -0.0324. The lowest BCUT2D eigenvalue weighted by Gasteiger charge is -2.35. The predicted molar refractivity (Wildman–Crippen MR) is 125 cm³/mol. The number of carbonyl (C=O) groups excluding carboxylic acids is 1. The second kappa shape index (κ2) is 13.6. The summed E-state index contributed by atoms with van der Waals surface area (Å²) in [7, 11) is 0. The maximum atomic E-state index is 11.6. The van der Waals surface area contributed by atoms with Crippen molar-refractivity contribution in [2.24, 2.45) is 0 Å². The molecule has 7 heteroatoms. The van der Waals surface area contributed by atoms with E-state index in [1.54, 1.807) is 24.3 Å². The van der Waals surface area contributed by atoms with Crippen molar-refractivity contribution < 1.29 is 14.6 Å². The van der Waals surface area contributed by atoms with Gasteiger partial charge in [-0.05, 0) is 29.8 Å². The zero-order valence-electron chi connectivity index (χ0n) is 17.4. The molecule has 1 N–H and O–H groups in total. The Kier molecular flexibility index (Phi) is 12.0. The van der Waals surface area contributed by atoms with Gasteiger partial charge in [0.05, 0.1) is 0 Å². The molecule has 30 heavy (non-hydrogen) atoms. The Morgan fingerprint density at radius 2 is 1.57 bits per heavy atom. The second-order valence-corrected chi connectivity index (χ2v) is 7.33. The molecule has 0 aliphatic carbocycles. The molecule has 1 aliphatic heterocycles. The van der Waals surface area contributed by atoms with Gasteiger partial charge < -0.3 is 9.84 Å². The fourth-order valence-corrected chi connectivity index (χ4v) is 3.46. The van der Waals surface area contributed by atoms with Crippen molar-refractivity contribution in [1.82, 2.24) is 9.80 Å². The highest BCUT2D eigenvalue weighted by Gasteiger charge is 2.19. The van der Waals surface area contributed by atoms with Gasteiger partial charge in [0.2, 0.25) is 0 Å². The molecule has 1 atom stereocenters. The molecule has 1 unspecified atom stereocenters. The monoisotopic (exact) mass is 454 g/mol. The number of halogens is 2. The molecule has 0 bridgehead atoms. The summed E-state index contributed by atoms with van der Waals surface area (Å²) in [5, 5.41) is 10.3. The van der Waals surface area contributed by atoms with E-state index in [-0.39, 0.29) is 37.2 Å². The molecule has 0 aromatic heterocycles. The summed E-state index contributed by atoms with van der Waals surface area (Å²) in [4.78, 5) is 16.4. The Bertz CT molecular complexity index is 736. The summed E-state index contributed by atoms with van der Waals surface area (Å²) >= 11 is 0. The Labute approximate surface area is 191 Å². The lowest BCUT2D eigenvalue weighted by molar-refractivity contribution is 0.0446. The zero-order valence-corrected chi connectivity index (χ0v) is 19.0. The Balaban J connectivity index is 0.00000225. The second-order valence-electron chi connectivity index (χ2n) is 7.33. The minimum absolute atomic E-state index is 0. The SMILES string of the molecule is CCC(=O)c1ccc(OCC(O)CN2CCN(Cc3ccccc3)CC2)cc1.Cl.Cl. The first-order valence-corrected chi connectivity index (χ1v) is 10.1. The highest BCUT2D eigenvalue weighted by molar-refractivity contribution is 5.95. The molecule has 1 aliphatic rings. The van der Waals surface area contributed by atoms with Gasteiger partial charge in [-0.1, -0.05) is 37.3 Å². The summed E-state index contributed by atoms with van der Waals surface area (Å²) < 4.78 is 5.68. The average molecular weight is 455 g/mol. The van der Waals surface area contributed by atoms with Gasteiger partial charge in [0.25, 0.3) is 0 Å². The molecule has 0 spiro atoms. The Morgan fingerprint density at radius 3 is 2.17 bits per heavy atom. The molecular weight excluding hydrogens is 423 g/mol. The van der Waals surface area contributed by atoms with Crippen LogP contribution >= 0.6 is 24.8 Å². The van der Waals surface area contributed by atoms with Gasteiger partial charge in [0.1, 0.15) is 18.5 Å². The van der Waals surface area contributed by atoms with Gasteiger partial charge in [-0.25, -0.2) is 0 Å². The summed E-state index contributed by atoms with van der Waals surface area (Å²) in [6, 6.07) is 17.7. The number of rotatable bonds is 9. The van der Waals surface area contributed by atoms with E-state index in [1.807, 2.05) is 13.0 Å². The largest absolute Gasteiger partial charge is 0.491 e. The maximum absolute atomic E-state index is 11.6. The number of hydrogen-bond donors (Lipinski definition) is 1. The first-order chi connectivity index (χ1) is 13.6. The fourth-order valence-electron chi connectivity index (χ4n) is 3.46. The first-order valence-electron chi connectivity index (χ1n) is 10.1. The fraction of sp³-hybridized carbons (Fsp3) is 0.435. The Morgan fingerprint density at radius 1 is 0.967 bits per heavy atom. The standard InChI is InChI=1S/C23H30N2O3.2ClH/c1-2-23(27)20-8-10-22(11-9-20)28-18-21(26)17-25-14-12-24(13-15-25)16-19-6-4-3-5-7-19;;/h3-11,21,26H,2,12-18H2,1H3;2*1H. The molecule has 1 saturated heterocycles. The van der Waals surface area contributed by atoms with Crippen LogP contribution in [0.4, 0.5) is 0 Å². The molecule has 0 amide bonds. The van der Waals surface area contributed by atoms with Crippen LogP contribution in [0.25, 0.3) is 0 Å². The molecule has 166 valence electrons. The zero-order chi connectivity index (χ0) is 19.8. The maximum Gasteiger partial charge on any atom is 0.162 e. The Hall–Kier alpha value is -1.63. The number of β-amino-alcohol motifs (C(OH)–C–C–N with tert-alkyl or cyclic N) is 1. The highest BCUT2D eigenvalue weighted by atomic mass is 35.5. The van der Waals surface area contributed by atoms with Crippen LogP contribution in [0.1, 0.15) is 29.3 Å². The van der Waals surface area contributed by atoms with Crippen LogP contribution in [0.2, 0.25) is 0 Å². The molecule has 1 fully saturated rings. The lowest BCUT2D eigenvalue weighted by atomic mass is 10.1. The number of Topliss-reactive ketones (excluding diaryl/α,β-unsaturated/α-hetero) is 1. The van der Waals surface area contributed by atoms with E-state index in [1.165, 1.54) is 5.56 Å². The van der Waals surface area contributed by atoms with E-state index in [2.05, 4.69) is 34.1 Å². The van der Waals surface area contributed by atoms with Crippen molar-refractivity contribution in [2.45, 2.75) is 26.0 Å². The van der Waals surface area contributed by atoms with E-state index in [9.17, 15) is 9.90 Å². The third-order valence-electron chi connectivity index (χ3n) is 5.12. The quantitative estimate of drug-likeness (QED) is 0.585. The third kappa shape index (κ3) is 8.25. The number of nitrogens with zero attached hydrogens (tertiary/aromatic N) is 2. The van der Waals surface area contributed by atoms with Crippen LogP contribution in [0, 0.1) is 0 Å². The van der Waals surface area contributed by atoms with Gasteiger partial charge in [-0.15, -0.1) is 24.8 Å². The van der Waals surface area contributed by atoms with Crippen molar-refractivity contribution in [3.63, 3.8) is 0 Å². The number of aliphatic hydroxyl groups is 1. The van der Waals surface area contributed by atoms with Crippen molar-refractivity contribution >= 4 is 30.6 Å². The van der Waals surface area contributed by atoms with Crippen LogP contribution < -0.4 is 4.74 Å². The predicted octanol–water partition coefficient (Wildman–Crippen LogP) is 3.68. The van der Waals surface area contributed by atoms with Gasteiger partial charge in [-0.2, -0.15) is 0 Å². The topological polar surface area (TPSA) is 53.0 Å². The molecule has 0 saturated carbocycles. The number of piperazine rings is 1. The minimum Gasteiger partial charge on any atom is -0.491 e. The molecule has 2 aromatic rings. The van der Waals surface area contributed by atoms with Crippen molar-refractivity contribution in [3.8, 4) is 5.75 Å². The smallest absolute Gasteiger partial charge is 0.162 e. The number of ether oxygens (including phenoxy) is 1. The molecule has 2 aromatic carbocycles. The molecule has 3 rings (SSSR count). The van der Waals surface area contributed by atoms with Crippen LogP contribution in [-0.2, 0) is 6.54 Å². The minimum atomic E-state index is -0.530. The van der Waals surface area contributed by atoms with Gasteiger partial charge in [0.15, 0.2) is 5.78 Å². The number of aliphatic hydroxyl groups excluding tert-OH is 1. The lowest BCUT2D eigenvalue weighted by Crippen LogP contribution is -2.48. The van der Waals surface area contributed by atoms with Crippen LogP contribution in [0.15, 0.2) is 54.6 Å². The van der Waals surface area contributed by atoms with E-state index < -0.39 is 6.10 Å². The van der Waals surface area contributed by atoms with E-state index in [4.69, 9.17) is 4.74 Å².